The lowest BCUT2D eigenvalue weighted by atomic mass is 10.1. The Bertz CT molecular complexity index is 674. The molecule has 128 valence electrons. The van der Waals surface area contributed by atoms with Crippen molar-refractivity contribution < 1.29 is 9.47 Å². The van der Waals surface area contributed by atoms with Gasteiger partial charge in [0.25, 0.3) is 0 Å². The molecular weight excluding hydrogens is 302 g/mol. The van der Waals surface area contributed by atoms with Crippen LogP contribution in [0.1, 0.15) is 31.1 Å². The first-order valence-corrected chi connectivity index (χ1v) is 7.92. The zero-order chi connectivity index (χ0) is 17.5. The van der Waals surface area contributed by atoms with Gasteiger partial charge in [-0.1, -0.05) is 18.7 Å². The Morgan fingerprint density at radius 3 is 2.75 bits per heavy atom. The first-order chi connectivity index (χ1) is 11.5. The van der Waals surface area contributed by atoms with Crippen LogP contribution in [0, 0.1) is 0 Å². The van der Waals surface area contributed by atoms with Gasteiger partial charge in [-0.3, -0.25) is 4.90 Å². The summed E-state index contributed by atoms with van der Waals surface area (Å²) >= 11 is 0. The fourth-order valence-corrected chi connectivity index (χ4v) is 2.39. The molecule has 0 aliphatic rings. The van der Waals surface area contributed by atoms with Crippen LogP contribution in [0.3, 0.4) is 0 Å². The maximum Gasteiger partial charge on any atom is 0.166 e. The predicted molar refractivity (Wildman–Crippen MR) is 95.2 cm³/mol. The summed E-state index contributed by atoms with van der Waals surface area (Å²) < 4.78 is 11.4. The van der Waals surface area contributed by atoms with E-state index in [9.17, 15) is 0 Å². The normalized spacial score (nSPS) is 12.0. The molecule has 0 saturated carbocycles. The van der Waals surface area contributed by atoms with Gasteiger partial charge in [0.1, 0.15) is 12.9 Å². The van der Waals surface area contributed by atoms with E-state index in [1.54, 1.807) is 19.6 Å². The summed E-state index contributed by atoms with van der Waals surface area (Å²) in [5.41, 5.74) is 3.02. The number of aromatic nitrogens is 2. The van der Waals surface area contributed by atoms with Gasteiger partial charge in [-0.15, -0.1) is 0 Å². The molecule has 24 heavy (non-hydrogen) atoms. The van der Waals surface area contributed by atoms with Gasteiger partial charge in [0.2, 0.25) is 0 Å². The van der Waals surface area contributed by atoms with Gasteiger partial charge in [-0.25, -0.2) is 9.97 Å². The van der Waals surface area contributed by atoms with E-state index < -0.39 is 0 Å². The van der Waals surface area contributed by atoms with Crippen molar-refractivity contribution >= 4 is 0 Å². The molecule has 0 aliphatic carbocycles. The largest absolute Gasteiger partial charge is 0.493 e. The molecule has 5 heteroatoms. The summed E-state index contributed by atoms with van der Waals surface area (Å²) in [6, 6.07) is 8.04. The fraction of sp³-hybridized carbons (Fsp3) is 0.368. The van der Waals surface area contributed by atoms with Gasteiger partial charge in [0.15, 0.2) is 11.5 Å². The van der Waals surface area contributed by atoms with Crippen LogP contribution in [0.15, 0.2) is 48.9 Å². The lowest BCUT2D eigenvalue weighted by Gasteiger charge is -2.25. The lowest BCUT2D eigenvalue weighted by molar-refractivity contribution is 0.240. The van der Waals surface area contributed by atoms with Gasteiger partial charge < -0.3 is 9.47 Å². The van der Waals surface area contributed by atoms with Crippen LogP contribution in [-0.4, -0.2) is 35.6 Å². The number of nitrogens with zero attached hydrogens (tertiary/aromatic N) is 3. The van der Waals surface area contributed by atoms with Gasteiger partial charge in [-0.05, 0) is 38.6 Å². The molecule has 0 N–H and O–H groups in total. The van der Waals surface area contributed by atoms with Gasteiger partial charge >= 0.3 is 0 Å². The second-order valence-corrected chi connectivity index (χ2v) is 5.92. The average Bonchev–Trinajstić information content (AvgIpc) is 2.60. The molecule has 1 aromatic carbocycles. The zero-order valence-electron chi connectivity index (χ0n) is 14.8. The molecule has 2 rings (SSSR count). The van der Waals surface area contributed by atoms with Crippen molar-refractivity contribution in [3.05, 3.63) is 60.2 Å². The Morgan fingerprint density at radius 1 is 1.33 bits per heavy atom. The minimum absolute atomic E-state index is 0.160. The first-order valence-electron chi connectivity index (χ1n) is 7.92. The fourth-order valence-electron chi connectivity index (χ4n) is 2.39. The van der Waals surface area contributed by atoms with Gasteiger partial charge in [0, 0.05) is 24.3 Å². The third-order valence-electron chi connectivity index (χ3n) is 3.86. The molecule has 1 heterocycles. The minimum Gasteiger partial charge on any atom is -0.493 e. The van der Waals surface area contributed by atoms with E-state index in [0.29, 0.717) is 13.2 Å². The number of methoxy groups -OCH3 is 1. The topological polar surface area (TPSA) is 47.5 Å². The molecular formula is C19H25N3O2. The second-order valence-electron chi connectivity index (χ2n) is 5.92. The van der Waals surface area contributed by atoms with E-state index in [2.05, 4.69) is 41.5 Å². The Hall–Kier alpha value is -2.40. The van der Waals surface area contributed by atoms with Crippen molar-refractivity contribution in [1.82, 2.24) is 14.9 Å². The summed E-state index contributed by atoms with van der Waals surface area (Å²) in [5.74, 6) is 1.50. The van der Waals surface area contributed by atoms with E-state index in [-0.39, 0.29) is 6.04 Å². The predicted octanol–water partition coefficient (Wildman–Crippen LogP) is 3.63. The van der Waals surface area contributed by atoms with Gasteiger partial charge in [0.05, 0.1) is 12.8 Å². The highest BCUT2D eigenvalue weighted by molar-refractivity contribution is 5.46. The van der Waals surface area contributed by atoms with E-state index in [1.807, 2.05) is 25.1 Å². The molecule has 0 radical (unpaired) electrons. The number of hydrogen-bond acceptors (Lipinski definition) is 5. The Morgan fingerprint density at radius 2 is 2.12 bits per heavy atom. The SMILES string of the molecule is C=C(C)COc1c(CN(C)[C@@H](C)c2ccncn2)cccc1OC. The number of para-hydroxylation sites is 1. The second kappa shape index (κ2) is 8.45. The summed E-state index contributed by atoms with van der Waals surface area (Å²) in [6.07, 6.45) is 3.34. The number of ether oxygens (including phenoxy) is 2. The van der Waals surface area contributed by atoms with Crippen LogP contribution in [0.25, 0.3) is 0 Å². The minimum atomic E-state index is 0.160. The lowest BCUT2D eigenvalue weighted by Crippen LogP contribution is -2.23. The van der Waals surface area contributed by atoms with Crippen LogP contribution in [0.5, 0.6) is 11.5 Å². The highest BCUT2D eigenvalue weighted by Crippen LogP contribution is 2.33. The quantitative estimate of drug-likeness (QED) is 0.693. The van der Waals surface area contributed by atoms with Crippen molar-refractivity contribution in [1.29, 1.82) is 0 Å². The van der Waals surface area contributed by atoms with E-state index in [4.69, 9.17) is 9.47 Å². The van der Waals surface area contributed by atoms with E-state index in [0.717, 1.165) is 28.3 Å². The van der Waals surface area contributed by atoms with Gasteiger partial charge in [-0.2, -0.15) is 0 Å². The highest BCUT2D eigenvalue weighted by Gasteiger charge is 2.17. The summed E-state index contributed by atoms with van der Waals surface area (Å²) in [7, 11) is 3.72. The monoisotopic (exact) mass is 327 g/mol. The number of benzene rings is 1. The van der Waals surface area contributed by atoms with Crippen molar-refractivity contribution in [3.8, 4) is 11.5 Å². The smallest absolute Gasteiger partial charge is 0.166 e. The van der Waals surface area contributed by atoms with E-state index in [1.165, 1.54) is 0 Å². The van der Waals surface area contributed by atoms with Crippen LogP contribution in [0.4, 0.5) is 0 Å². The molecule has 0 saturated heterocycles. The van der Waals surface area contributed by atoms with Crippen molar-refractivity contribution in [2.24, 2.45) is 0 Å². The molecule has 0 amide bonds. The maximum absolute atomic E-state index is 5.93. The van der Waals surface area contributed by atoms with Crippen LogP contribution in [-0.2, 0) is 6.54 Å². The molecule has 0 aliphatic heterocycles. The molecule has 1 aromatic heterocycles. The number of rotatable bonds is 8. The molecule has 2 aromatic rings. The van der Waals surface area contributed by atoms with Crippen LogP contribution < -0.4 is 9.47 Å². The molecule has 0 fully saturated rings. The summed E-state index contributed by atoms with van der Waals surface area (Å²) in [5, 5.41) is 0. The maximum atomic E-state index is 5.93. The van der Waals surface area contributed by atoms with E-state index >= 15 is 0 Å². The Labute approximate surface area is 144 Å². The zero-order valence-corrected chi connectivity index (χ0v) is 14.8. The van der Waals surface area contributed by atoms with Crippen molar-refractivity contribution in [2.75, 3.05) is 20.8 Å². The number of hydrogen-bond donors (Lipinski definition) is 0. The standard InChI is InChI=1S/C19H25N3O2/c1-14(2)12-24-19-16(7-6-8-18(19)23-5)11-22(4)15(3)17-9-10-20-13-21-17/h6-10,13,15H,1,11-12H2,2-5H3/t15-/m0/s1. The Kier molecular flexibility index (Phi) is 6.32. The molecule has 0 bridgehead atoms. The van der Waals surface area contributed by atoms with Crippen molar-refractivity contribution in [3.63, 3.8) is 0 Å². The van der Waals surface area contributed by atoms with Crippen molar-refractivity contribution in [2.45, 2.75) is 26.4 Å². The summed E-state index contributed by atoms with van der Waals surface area (Å²) in [6.45, 7) is 9.15. The molecule has 0 spiro atoms. The average molecular weight is 327 g/mol. The van der Waals surface area contributed by atoms with Crippen LogP contribution >= 0.6 is 0 Å². The first kappa shape index (κ1) is 17.9. The van der Waals surface area contributed by atoms with Crippen LogP contribution in [0.2, 0.25) is 0 Å². The summed E-state index contributed by atoms with van der Waals surface area (Å²) in [4.78, 5) is 10.5. The highest BCUT2D eigenvalue weighted by atomic mass is 16.5. The Balaban J connectivity index is 2.20. The third kappa shape index (κ3) is 4.55. The molecule has 5 nitrogen and oxygen atoms in total. The third-order valence-corrected chi connectivity index (χ3v) is 3.86. The molecule has 0 unspecified atom stereocenters. The molecule has 1 atom stereocenters.